The number of nitrogens with one attached hydrogen (secondary N) is 1. The molecule has 0 saturated heterocycles. The smallest absolute Gasteiger partial charge is 0.200 e. The first-order chi connectivity index (χ1) is 11.2. The van der Waals surface area contributed by atoms with E-state index in [9.17, 15) is 0 Å². The van der Waals surface area contributed by atoms with Crippen LogP contribution in [0, 0.1) is 0 Å². The Morgan fingerprint density at radius 1 is 1.17 bits per heavy atom. The number of aromatic nitrogens is 4. The molecule has 0 aliphatic heterocycles. The number of hydrogen-bond donors (Lipinski definition) is 1. The molecule has 0 saturated carbocycles. The van der Waals surface area contributed by atoms with Crippen molar-refractivity contribution in [3.05, 3.63) is 41.9 Å². The van der Waals surface area contributed by atoms with Gasteiger partial charge in [-0.25, -0.2) is 0 Å². The van der Waals surface area contributed by atoms with E-state index in [1.54, 1.807) is 25.1 Å². The minimum absolute atomic E-state index is 0.600. The highest BCUT2D eigenvalue weighted by Crippen LogP contribution is 2.26. The number of rotatable bonds is 6. The molecular weight excluding hydrogens is 294 g/mol. The van der Waals surface area contributed by atoms with Crippen LogP contribution in [0.15, 0.2) is 30.6 Å². The van der Waals surface area contributed by atoms with E-state index in [-0.39, 0.29) is 0 Å². The largest absolute Gasteiger partial charge is 0.497 e. The Hall–Kier alpha value is -2.83. The van der Waals surface area contributed by atoms with Gasteiger partial charge in [0.15, 0.2) is 0 Å². The standard InChI is InChI=1S/C16H19N5O2/c1-4-12-7-14(16-19-18-10-21(16)20-12)17-9-11-5-6-13(22-2)8-15(11)23-3/h5-8,10,17H,4,9H2,1-3H3. The molecular formula is C16H19N5O2. The summed E-state index contributed by atoms with van der Waals surface area (Å²) in [7, 11) is 3.29. The fourth-order valence-corrected chi connectivity index (χ4v) is 2.37. The van der Waals surface area contributed by atoms with Gasteiger partial charge >= 0.3 is 0 Å². The van der Waals surface area contributed by atoms with E-state index in [4.69, 9.17) is 9.47 Å². The SMILES string of the molecule is CCc1cc(NCc2ccc(OC)cc2OC)c2nncn2n1. The summed E-state index contributed by atoms with van der Waals surface area (Å²) >= 11 is 0. The number of fused-ring (bicyclic) bond motifs is 1. The van der Waals surface area contributed by atoms with E-state index < -0.39 is 0 Å². The third-order valence-corrected chi connectivity index (χ3v) is 3.64. The lowest BCUT2D eigenvalue weighted by molar-refractivity contribution is 0.391. The van der Waals surface area contributed by atoms with Crippen LogP contribution in [-0.4, -0.2) is 34.0 Å². The lowest BCUT2D eigenvalue weighted by Crippen LogP contribution is -2.06. The summed E-state index contributed by atoms with van der Waals surface area (Å²) in [5.74, 6) is 1.54. The average molecular weight is 313 g/mol. The summed E-state index contributed by atoms with van der Waals surface area (Å²) in [6, 6.07) is 7.76. The predicted octanol–water partition coefficient (Wildman–Crippen LogP) is 2.32. The van der Waals surface area contributed by atoms with E-state index in [2.05, 4.69) is 27.5 Å². The Bertz CT molecular complexity index is 815. The van der Waals surface area contributed by atoms with Crippen LogP contribution in [-0.2, 0) is 13.0 Å². The second-order valence-corrected chi connectivity index (χ2v) is 5.03. The van der Waals surface area contributed by atoms with Gasteiger partial charge in [0.25, 0.3) is 0 Å². The molecule has 0 spiro atoms. The molecule has 0 unspecified atom stereocenters. The minimum atomic E-state index is 0.600. The molecule has 2 heterocycles. The molecule has 0 aliphatic rings. The maximum atomic E-state index is 5.43. The van der Waals surface area contributed by atoms with Gasteiger partial charge < -0.3 is 14.8 Å². The van der Waals surface area contributed by atoms with Crippen LogP contribution >= 0.6 is 0 Å². The van der Waals surface area contributed by atoms with E-state index in [0.717, 1.165) is 34.9 Å². The van der Waals surface area contributed by atoms with E-state index in [0.29, 0.717) is 12.2 Å². The van der Waals surface area contributed by atoms with Crippen molar-refractivity contribution in [3.63, 3.8) is 0 Å². The van der Waals surface area contributed by atoms with Gasteiger partial charge in [0.05, 0.1) is 25.6 Å². The zero-order valence-corrected chi connectivity index (χ0v) is 13.4. The number of aryl methyl sites for hydroxylation is 1. The third-order valence-electron chi connectivity index (χ3n) is 3.64. The number of benzene rings is 1. The van der Waals surface area contributed by atoms with Gasteiger partial charge in [0, 0.05) is 18.2 Å². The molecule has 0 bridgehead atoms. The molecule has 0 aliphatic carbocycles. The second-order valence-electron chi connectivity index (χ2n) is 5.03. The van der Waals surface area contributed by atoms with Crippen molar-refractivity contribution in [2.75, 3.05) is 19.5 Å². The maximum absolute atomic E-state index is 5.43. The van der Waals surface area contributed by atoms with Crippen LogP contribution in [0.5, 0.6) is 11.5 Å². The molecule has 23 heavy (non-hydrogen) atoms. The lowest BCUT2D eigenvalue weighted by Gasteiger charge is -2.13. The fraction of sp³-hybridized carbons (Fsp3) is 0.312. The normalized spacial score (nSPS) is 10.7. The van der Waals surface area contributed by atoms with Crippen LogP contribution in [0.1, 0.15) is 18.2 Å². The van der Waals surface area contributed by atoms with Crippen molar-refractivity contribution in [1.29, 1.82) is 0 Å². The molecule has 1 N–H and O–H groups in total. The van der Waals surface area contributed by atoms with Gasteiger partial charge in [-0.3, -0.25) is 0 Å². The Balaban J connectivity index is 1.87. The Kier molecular flexibility index (Phi) is 4.27. The highest BCUT2D eigenvalue weighted by molar-refractivity contribution is 5.66. The van der Waals surface area contributed by atoms with Crippen LogP contribution < -0.4 is 14.8 Å². The molecule has 0 atom stereocenters. The Morgan fingerprint density at radius 2 is 2.04 bits per heavy atom. The van der Waals surface area contributed by atoms with Crippen molar-refractivity contribution in [2.45, 2.75) is 19.9 Å². The molecule has 7 heteroatoms. The summed E-state index contributed by atoms with van der Waals surface area (Å²) < 4.78 is 12.3. The summed E-state index contributed by atoms with van der Waals surface area (Å²) in [4.78, 5) is 0. The highest BCUT2D eigenvalue weighted by atomic mass is 16.5. The zero-order chi connectivity index (χ0) is 16.2. The molecule has 0 amide bonds. The first kappa shape index (κ1) is 15.1. The topological polar surface area (TPSA) is 73.6 Å². The minimum Gasteiger partial charge on any atom is -0.497 e. The lowest BCUT2D eigenvalue weighted by atomic mass is 10.2. The molecule has 7 nitrogen and oxygen atoms in total. The highest BCUT2D eigenvalue weighted by Gasteiger charge is 2.09. The van der Waals surface area contributed by atoms with Crippen LogP contribution in [0.3, 0.4) is 0 Å². The van der Waals surface area contributed by atoms with Gasteiger partial charge in [0.2, 0.25) is 5.65 Å². The van der Waals surface area contributed by atoms with E-state index in [1.807, 2.05) is 24.3 Å². The predicted molar refractivity (Wildman–Crippen MR) is 87.0 cm³/mol. The first-order valence-corrected chi connectivity index (χ1v) is 7.40. The second kappa shape index (κ2) is 6.51. The van der Waals surface area contributed by atoms with Gasteiger partial charge in [-0.15, -0.1) is 10.2 Å². The van der Waals surface area contributed by atoms with Crippen molar-refractivity contribution >= 4 is 11.3 Å². The van der Waals surface area contributed by atoms with Gasteiger partial charge in [-0.2, -0.15) is 9.61 Å². The number of nitrogens with zero attached hydrogens (tertiary/aromatic N) is 4. The van der Waals surface area contributed by atoms with Crippen molar-refractivity contribution < 1.29 is 9.47 Å². The van der Waals surface area contributed by atoms with E-state index in [1.165, 1.54) is 0 Å². The number of methoxy groups -OCH3 is 2. The number of anilines is 1. The van der Waals surface area contributed by atoms with Crippen LogP contribution in [0.25, 0.3) is 5.65 Å². The maximum Gasteiger partial charge on any atom is 0.200 e. The van der Waals surface area contributed by atoms with Gasteiger partial charge in [0.1, 0.15) is 17.8 Å². The van der Waals surface area contributed by atoms with Crippen LogP contribution in [0.4, 0.5) is 5.69 Å². The van der Waals surface area contributed by atoms with Gasteiger partial charge in [-0.1, -0.05) is 6.92 Å². The molecule has 3 rings (SSSR count). The summed E-state index contributed by atoms with van der Waals surface area (Å²) in [5.41, 5.74) is 3.60. The van der Waals surface area contributed by atoms with Crippen molar-refractivity contribution in [1.82, 2.24) is 19.8 Å². The first-order valence-electron chi connectivity index (χ1n) is 7.40. The van der Waals surface area contributed by atoms with Crippen LogP contribution in [0.2, 0.25) is 0 Å². The average Bonchev–Trinajstić information content (AvgIpc) is 3.07. The molecule has 3 aromatic rings. The molecule has 1 aromatic carbocycles. The molecule has 0 fully saturated rings. The summed E-state index contributed by atoms with van der Waals surface area (Å²) in [6.45, 7) is 2.66. The monoisotopic (exact) mass is 313 g/mol. The third kappa shape index (κ3) is 3.03. The fourth-order valence-electron chi connectivity index (χ4n) is 2.37. The Morgan fingerprint density at radius 3 is 2.78 bits per heavy atom. The molecule has 0 radical (unpaired) electrons. The Labute approximate surface area is 134 Å². The number of hydrogen-bond acceptors (Lipinski definition) is 6. The quantitative estimate of drug-likeness (QED) is 0.753. The van der Waals surface area contributed by atoms with Gasteiger partial charge in [-0.05, 0) is 24.6 Å². The summed E-state index contributed by atoms with van der Waals surface area (Å²) in [5, 5.41) is 15.9. The zero-order valence-electron chi connectivity index (χ0n) is 13.4. The van der Waals surface area contributed by atoms with Crippen molar-refractivity contribution in [2.24, 2.45) is 0 Å². The summed E-state index contributed by atoms with van der Waals surface area (Å²) in [6.07, 6.45) is 2.45. The molecule has 2 aromatic heterocycles. The number of ether oxygens (including phenoxy) is 2. The molecule has 120 valence electrons. The van der Waals surface area contributed by atoms with E-state index >= 15 is 0 Å². The van der Waals surface area contributed by atoms with Crippen molar-refractivity contribution in [3.8, 4) is 11.5 Å².